The number of ether oxygens (including phenoxy) is 2. The molecule has 3 atom stereocenters. The number of hydrogen-bond donors (Lipinski definition) is 0. The van der Waals surface area contributed by atoms with E-state index >= 15 is 0 Å². The summed E-state index contributed by atoms with van der Waals surface area (Å²) >= 11 is 3.37. The first-order valence-corrected chi connectivity index (χ1v) is 10.3. The zero-order valence-electron chi connectivity index (χ0n) is 16.3. The Balaban J connectivity index is 1.78. The molecule has 5 nitrogen and oxygen atoms in total. The van der Waals surface area contributed by atoms with Gasteiger partial charge < -0.3 is 9.47 Å². The normalized spacial score (nSPS) is 26.4. The van der Waals surface area contributed by atoms with Gasteiger partial charge in [-0.05, 0) is 35.9 Å². The fourth-order valence-corrected chi connectivity index (χ4v) is 5.35. The number of carbonyl (C=O) groups excluding carboxylic acids is 3. The molecule has 0 N–H and O–H groups in total. The van der Waals surface area contributed by atoms with Crippen molar-refractivity contribution in [3.05, 3.63) is 76.3 Å². The highest BCUT2D eigenvalue weighted by molar-refractivity contribution is 9.10. The van der Waals surface area contributed by atoms with Gasteiger partial charge in [0, 0.05) is 21.5 Å². The molecule has 0 unspecified atom stereocenters. The van der Waals surface area contributed by atoms with Gasteiger partial charge in [-0.2, -0.15) is 0 Å². The molecule has 1 heterocycles. The van der Waals surface area contributed by atoms with E-state index in [0.29, 0.717) is 16.9 Å². The van der Waals surface area contributed by atoms with Gasteiger partial charge in [-0.25, -0.2) is 0 Å². The number of benzene rings is 3. The van der Waals surface area contributed by atoms with E-state index in [1.807, 2.05) is 30.3 Å². The molecule has 3 aromatic carbocycles. The molecule has 1 aliphatic carbocycles. The topological polar surface area (TPSA) is 69.7 Å². The number of ketones is 1. The van der Waals surface area contributed by atoms with Gasteiger partial charge in [0.15, 0.2) is 11.2 Å². The lowest BCUT2D eigenvalue weighted by molar-refractivity contribution is -0.160. The molecule has 0 saturated heterocycles. The summed E-state index contributed by atoms with van der Waals surface area (Å²) in [6.45, 7) is 1.66. The molecule has 0 radical (unpaired) electrons. The summed E-state index contributed by atoms with van der Waals surface area (Å²) in [4.78, 5) is 39.9. The highest BCUT2D eigenvalue weighted by Crippen LogP contribution is 2.79. The molecule has 1 aliphatic heterocycles. The summed E-state index contributed by atoms with van der Waals surface area (Å²) in [5.41, 5.74) is -1.90. The van der Waals surface area contributed by atoms with Gasteiger partial charge in [0.25, 0.3) is 0 Å². The van der Waals surface area contributed by atoms with Crippen molar-refractivity contribution in [3.63, 3.8) is 0 Å². The van der Waals surface area contributed by atoms with E-state index in [1.54, 1.807) is 37.3 Å². The zero-order chi connectivity index (χ0) is 21.3. The minimum atomic E-state index is -1.71. The van der Waals surface area contributed by atoms with Crippen molar-refractivity contribution in [2.75, 3.05) is 7.11 Å². The van der Waals surface area contributed by atoms with Crippen molar-refractivity contribution in [1.82, 2.24) is 0 Å². The van der Waals surface area contributed by atoms with E-state index in [2.05, 4.69) is 15.9 Å². The Morgan fingerprint density at radius 1 is 1.03 bits per heavy atom. The van der Waals surface area contributed by atoms with Crippen LogP contribution in [0.5, 0.6) is 5.75 Å². The van der Waals surface area contributed by atoms with Gasteiger partial charge in [0.1, 0.15) is 5.75 Å². The van der Waals surface area contributed by atoms with E-state index in [4.69, 9.17) is 9.47 Å². The maximum Gasteiger partial charge on any atom is 0.330 e. The molecule has 0 bridgehead atoms. The minimum absolute atomic E-state index is 0.289. The number of carbonyl (C=O) groups is 3. The van der Waals surface area contributed by atoms with Crippen LogP contribution in [0.2, 0.25) is 0 Å². The highest BCUT2D eigenvalue weighted by Gasteiger charge is 2.89. The fourth-order valence-electron chi connectivity index (χ4n) is 5.08. The van der Waals surface area contributed by atoms with E-state index in [9.17, 15) is 14.4 Å². The Labute approximate surface area is 181 Å². The highest BCUT2D eigenvalue weighted by atomic mass is 79.9. The number of methoxy groups -OCH3 is 1. The molecular formula is C24H17BrO5. The van der Waals surface area contributed by atoms with Crippen molar-refractivity contribution in [2.24, 2.45) is 10.8 Å². The van der Waals surface area contributed by atoms with Crippen LogP contribution in [0.3, 0.4) is 0 Å². The molecule has 5 rings (SSSR count). The SMILES string of the molecule is COC(=O)[C@]12C(=O)Oc3ccc4ccccc4c3[C@@H]1[C@]2(C)C(=O)c1ccc(Br)cc1. The van der Waals surface area contributed by atoms with Crippen LogP contribution in [-0.4, -0.2) is 24.8 Å². The number of halogens is 1. The van der Waals surface area contributed by atoms with Crippen molar-refractivity contribution >= 4 is 44.4 Å². The predicted molar refractivity (Wildman–Crippen MR) is 113 cm³/mol. The molecule has 6 heteroatoms. The number of Topliss-reactive ketones (excluding diaryl/α,β-unsaturated/α-hetero) is 1. The van der Waals surface area contributed by atoms with Crippen LogP contribution < -0.4 is 4.74 Å². The Hall–Kier alpha value is -2.99. The quantitative estimate of drug-likeness (QED) is 0.244. The molecule has 0 aromatic heterocycles. The third-order valence-corrected chi connectivity index (χ3v) is 7.10. The van der Waals surface area contributed by atoms with Gasteiger partial charge in [-0.3, -0.25) is 14.4 Å². The van der Waals surface area contributed by atoms with Crippen LogP contribution in [0.1, 0.15) is 28.8 Å². The lowest BCUT2D eigenvalue weighted by atomic mass is 9.87. The van der Waals surface area contributed by atoms with Gasteiger partial charge in [-0.15, -0.1) is 0 Å². The first-order valence-electron chi connectivity index (χ1n) is 9.50. The van der Waals surface area contributed by atoms with E-state index in [-0.39, 0.29) is 5.78 Å². The smallest absolute Gasteiger partial charge is 0.330 e. The summed E-state index contributed by atoms with van der Waals surface area (Å²) in [6, 6.07) is 18.1. The van der Waals surface area contributed by atoms with E-state index < -0.39 is 28.7 Å². The average Bonchev–Trinajstić information content (AvgIpc) is 3.35. The molecule has 0 spiro atoms. The van der Waals surface area contributed by atoms with Gasteiger partial charge in [0.2, 0.25) is 0 Å². The van der Waals surface area contributed by atoms with Gasteiger partial charge in [-0.1, -0.05) is 58.4 Å². The maximum absolute atomic E-state index is 13.7. The Bertz CT molecular complexity index is 1250. The molecular weight excluding hydrogens is 448 g/mol. The second-order valence-electron chi connectivity index (χ2n) is 7.86. The number of esters is 2. The number of fused-ring (bicyclic) bond motifs is 5. The Kier molecular flexibility index (Phi) is 3.96. The lowest BCUT2D eigenvalue weighted by Gasteiger charge is -2.22. The van der Waals surface area contributed by atoms with Crippen molar-refractivity contribution in [2.45, 2.75) is 12.8 Å². The standard InChI is InChI=1S/C24H17BrO5/c1-23(20(26)14-7-10-15(25)11-8-14)19-18-16-6-4-3-5-13(16)9-12-17(18)30-22(28)24(19,23)21(27)29-2/h3-12,19H,1-2H3/t19-,23-,24+/m1/s1. The minimum Gasteiger partial charge on any atom is -0.468 e. The summed E-state index contributed by atoms with van der Waals surface area (Å²) in [6.07, 6.45) is 0. The van der Waals surface area contributed by atoms with Crippen molar-refractivity contribution < 1.29 is 23.9 Å². The van der Waals surface area contributed by atoms with Gasteiger partial charge in [0.05, 0.1) is 12.5 Å². The van der Waals surface area contributed by atoms with Crippen LogP contribution >= 0.6 is 15.9 Å². The number of hydrogen-bond acceptors (Lipinski definition) is 5. The van der Waals surface area contributed by atoms with E-state index in [0.717, 1.165) is 15.2 Å². The monoisotopic (exact) mass is 464 g/mol. The zero-order valence-corrected chi connectivity index (χ0v) is 17.9. The predicted octanol–water partition coefficient (Wildman–Crippen LogP) is 4.67. The first-order chi connectivity index (χ1) is 14.4. The molecule has 1 fully saturated rings. The summed E-state index contributed by atoms with van der Waals surface area (Å²) in [7, 11) is 1.23. The second-order valence-corrected chi connectivity index (χ2v) is 8.77. The molecule has 1 saturated carbocycles. The van der Waals surface area contributed by atoms with Crippen LogP contribution in [-0.2, 0) is 14.3 Å². The molecule has 30 heavy (non-hydrogen) atoms. The maximum atomic E-state index is 13.7. The average molecular weight is 465 g/mol. The largest absolute Gasteiger partial charge is 0.468 e. The third kappa shape index (κ3) is 2.14. The van der Waals surface area contributed by atoms with Crippen LogP contribution in [0.4, 0.5) is 0 Å². The lowest BCUT2D eigenvalue weighted by Crippen LogP contribution is -2.39. The van der Waals surface area contributed by atoms with Crippen LogP contribution in [0, 0.1) is 10.8 Å². The van der Waals surface area contributed by atoms with Crippen LogP contribution in [0.15, 0.2) is 65.1 Å². The summed E-state index contributed by atoms with van der Waals surface area (Å²) < 4.78 is 11.5. The Morgan fingerprint density at radius 2 is 1.73 bits per heavy atom. The summed E-state index contributed by atoms with van der Waals surface area (Å²) in [5, 5.41) is 1.80. The molecule has 0 amide bonds. The van der Waals surface area contributed by atoms with Crippen molar-refractivity contribution in [3.8, 4) is 5.75 Å². The molecule has 3 aromatic rings. The molecule has 2 aliphatic rings. The molecule has 150 valence electrons. The van der Waals surface area contributed by atoms with Gasteiger partial charge >= 0.3 is 11.9 Å². The second kappa shape index (κ2) is 6.25. The number of rotatable bonds is 3. The van der Waals surface area contributed by atoms with Crippen LogP contribution in [0.25, 0.3) is 10.8 Å². The fraction of sp³-hybridized carbons (Fsp3) is 0.208. The first kappa shape index (κ1) is 19.0. The van der Waals surface area contributed by atoms with E-state index in [1.165, 1.54) is 7.11 Å². The Morgan fingerprint density at radius 3 is 2.43 bits per heavy atom. The van der Waals surface area contributed by atoms with Crippen molar-refractivity contribution in [1.29, 1.82) is 0 Å². The summed E-state index contributed by atoms with van der Waals surface area (Å²) in [5.74, 6) is -2.06. The third-order valence-electron chi connectivity index (χ3n) is 6.58.